The Morgan fingerprint density at radius 3 is 2.82 bits per heavy atom. The Labute approximate surface area is 199 Å². The van der Waals surface area contributed by atoms with Crippen molar-refractivity contribution >= 4 is 17.7 Å². The lowest BCUT2D eigenvalue weighted by Crippen LogP contribution is -2.48. The van der Waals surface area contributed by atoms with Crippen molar-refractivity contribution in [2.45, 2.75) is 44.6 Å². The quantitative estimate of drug-likeness (QED) is 0.354. The van der Waals surface area contributed by atoms with Crippen molar-refractivity contribution in [2.75, 3.05) is 6.61 Å². The standard InChI is InChI=1S/C28H28ClFN2O/c1-3-15-33-28(13-11-20-5-4-6-23(29)16-20)14-12-22-17-26-21(18-27(22,28)2)19-31-32(26)25-9-7-24(30)8-10-25/h3-10,16-17,19H,1,11-15,18H2,2H3/t27-,28-/m0/s1. The number of fused-ring (bicyclic) bond motifs is 2. The molecular weight excluding hydrogens is 435 g/mol. The Kier molecular flexibility index (Phi) is 5.75. The van der Waals surface area contributed by atoms with E-state index in [0.717, 1.165) is 48.5 Å². The molecule has 2 aliphatic carbocycles. The third-order valence-electron chi connectivity index (χ3n) is 7.51. The molecule has 0 bridgehead atoms. The molecule has 2 atom stereocenters. The molecule has 0 aliphatic heterocycles. The summed E-state index contributed by atoms with van der Waals surface area (Å²) in [5, 5.41) is 5.41. The van der Waals surface area contributed by atoms with Crippen LogP contribution in [0.2, 0.25) is 5.02 Å². The molecule has 5 heteroatoms. The Morgan fingerprint density at radius 2 is 2.06 bits per heavy atom. The highest BCUT2D eigenvalue weighted by Crippen LogP contribution is 2.58. The van der Waals surface area contributed by atoms with Crippen LogP contribution in [0.5, 0.6) is 0 Å². The van der Waals surface area contributed by atoms with Gasteiger partial charge in [-0.15, -0.1) is 6.58 Å². The molecule has 2 aliphatic rings. The van der Waals surface area contributed by atoms with Crippen LogP contribution >= 0.6 is 11.6 Å². The SMILES string of the molecule is C=CCO[C@@]1(CCc2cccc(Cl)c2)CCC2=Cc3c(cnn3-c3ccc(F)cc3)C[C@@]21C. The molecule has 1 saturated carbocycles. The molecule has 2 aromatic carbocycles. The van der Waals surface area contributed by atoms with Gasteiger partial charge >= 0.3 is 0 Å². The van der Waals surface area contributed by atoms with Gasteiger partial charge in [-0.2, -0.15) is 5.10 Å². The molecule has 3 aromatic rings. The van der Waals surface area contributed by atoms with Gasteiger partial charge in [-0.05, 0) is 85.7 Å². The summed E-state index contributed by atoms with van der Waals surface area (Å²) in [4.78, 5) is 0. The van der Waals surface area contributed by atoms with Crippen molar-refractivity contribution < 1.29 is 9.13 Å². The summed E-state index contributed by atoms with van der Waals surface area (Å²) in [7, 11) is 0. The van der Waals surface area contributed by atoms with E-state index in [0.29, 0.717) is 6.61 Å². The predicted molar refractivity (Wildman–Crippen MR) is 131 cm³/mol. The molecular formula is C28H28ClFN2O. The number of hydrogen-bond acceptors (Lipinski definition) is 2. The van der Waals surface area contributed by atoms with Gasteiger partial charge in [0, 0.05) is 10.4 Å². The van der Waals surface area contributed by atoms with E-state index in [2.05, 4.69) is 30.7 Å². The summed E-state index contributed by atoms with van der Waals surface area (Å²) in [6, 6.07) is 14.6. The molecule has 1 heterocycles. The average molecular weight is 463 g/mol. The minimum Gasteiger partial charge on any atom is -0.370 e. The molecule has 33 heavy (non-hydrogen) atoms. The zero-order valence-electron chi connectivity index (χ0n) is 18.9. The van der Waals surface area contributed by atoms with Crippen LogP contribution in [0.4, 0.5) is 4.39 Å². The third-order valence-corrected chi connectivity index (χ3v) is 7.74. The fourth-order valence-electron chi connectivity index (χ4n) is 5.66. The van der Waals surface area contributed by atoms with Crippen LogP contribution in [0.3, 0.4) is 0 Å². The van der Waals surface area contributed by atoms with E-state index in [4.69, 9.17) is 16.3 Å². The molecule has 0 radical (unpaired) electrons. The van der Waals surface area contributed by atoms with Gasteiger partial charge in [-0.25, -0.2) is 9.07 Å². The Hall–Kier alpha value is -2.69. The van der Waals surface area contributed by atoms with Crippen molar-refractivity contribution in [2.24, 2.45) is 5.41 Å². The van der Waals surface area contributed by atoms with Crippen LogP contribution < -0.4 is 0 Å². The summed E-state index contributed by atoms with van der Waals surface area (Å²) >= 11 is 6.23. The van der Waals surface area contributed by atoms with Crippen LogP contribution in [0.25, 0.3) is 11.8 Å². The van der Waals surface area contributed by atoms with Gasteiger partial charge in [0.1, 0.15) is 5.82 Å². The first-order valence-electron chi connectivity index (χ1n) is 11.5. The second-order valence-corrected chi connectivity index (χ2v) is 9.78. The van der Waals surface area contributed by atoms with E-state index in [1.165, 1.54) is 28.8 Å². The van der Waals surface area contributed by atoms with Crippen LogP contribution in [0.1, 0.15) is 43.0 Å². The number of rotatable bonds is 7. The van der Waals surface area contributed by atoms with E-state index < -0.39 is 0 Å². The molecule has 0 unspecified atom stereocenters. The first-order chi connectivity index (χ1) is 15.9. The van der Waals surface area contributed by atoms with E-state index in [1.54, 1.807) is 12.1 Å². The van der Waals surface area contributed by atoms with Crippen LogP contribution in [0, 0.1) is 11.2 Å². The van der Waals surface area contributed by atoms with Gasteiger partial charge in [0.05, 0.1) is 29.8 Å². The van der Waals surface area contributed by atoms with Gasteiger partial charge in [0.2, 0.25) is 0 Å². The zero-order valence-corrected chi connectivity index (χ0v) is 19.6. The number of aromatic nitrogens is 2. The summed E-state index contributed by atoms with van der Waals surface area (Å²) in [6.45, 7) is 6.76. The highest BCUT2D eigenvalue weighted by molar-refractivity contribution is 6.30. The number of aryl methyl sites for hydroxylation is 1. The van der Waals surface area contributed by atoms with Crippen molar-refractivity contribution in [3.8, 4) is 5.69 Å². The summed E-state index contributed by atoms with van der Waals surface area (Å²) in [6.07, 6.45) is 10.7. The van der Waals surface area contributed by atoms with Crippen LogP contribution in [-0.4, -0.2) is 22.0 Å². The summed E-state index contributed by atoms with van der Waals surface area (Å²) < 4.78 is 22.0. The maximum atomic E-state index is 13.4. The summed E-state index contributed by atoms with van der Waals surface area (Å²) in [5.41, 5.74) is 5.36. The highest BCUT2D eigenvalue weighted by Gasteiger charge is 2.56. The van der Waals surface area contributed by atoms with Gasteiger partial charge in [-0.1, -0.05) is 42.3 Å². The molecule has 1 fully saturated rings. The zero-order chi connectivity index (χ0) is 23.1. The third kappa shape index (κ3) is 3.85. The maximum absolute atomic E-state index is 13.4. The Bertz CT molecular complexity index is 1210. The molecule has 3 nitrogen and oxygen atoms in total. The van der Waals surface area contributed by atoms with E-state index >= 15 is 0 Å². The second-order valence-electron chi connectivity index (χ2n) is 9.35. The predicted octanol–water partition coefficient (Wildman–Crippen LogP) is 6.98. The van der Waals surface area contributed by atoms with Gasteiger partial charge in [-0.3, -0.25) is 0 Å². The van der Waals surface area contributed by atoms with Crippen LogP contribution in [0.15, 0.2) is 73.0 Å². The fourth-order valence-corrected chi connectivity index (χ4v) is 5.88. The van der Waals surface area contributed by atoms with E-state index in [1.807, 2.05) is 35.2 Å². The lowest BCUT2D eigenvalue weighted by atomic mass is 9.65. The molecule has 0 spiro atoms. The van der Waals surface area contributed by atoms with E-state index in [9.17, 15) is 4.39 Å². The number of benzene rings is 2. The van der Waals surface area contributed by atoms with Gasteiger partial charge in [0.25, 0.3) is 0 Å². The average Bonchev–Trinajstić information content (AvgIpc) is 3.33. The van der Waals surface area contributed by atoms with Crippen LogP contribution in [-0.2, 0) is 17.6 Å². The Morgan fingerprint density at radius 1 is 1.24 bits per heavy atom. The smallest absolute Gasteiger partial charge is 0.123 e. The van der Waals surface area contributed by atoms with Crippen molar-refractivity contribution in [3.05, 3.63) is 101 Å². The van der Waals surface area contributed by atoms with Crippen molar-refractivity contribution in [1.82, 2.24) is 9.78 Å². The molecule has 0 saturated heterocycles. The highest BCUT2D eigenvalue weighted by atomic mass is 35.5. The Balaban J connectivity index is 1.48. The van der Waals surface area contributed by atoms with E-state index in [-0.39, 0.29) is 16.8 Å². The fraction of sp³-hybridized carbons (Fsp3) is 0.321. The lowest BCUT2D eigenvalue weighted by molar-refractivity contribution is -0.0976. The lowest BCUT2D eigenvalue weighted by Gasteiger charge is -2.46. The molecule has 0 amide bonds. The van der Waals surface area contributed by atoms with Crippen molar-refractivity contribution in [3.63, 3.8) is 0 Å². The maximum Gasteiger partial charge on any atom is 0.123 e. The topological polar surface area (TPSA) is 27.1 Å². The molecule has 1 aromatic heterocycles. The molecule has 170 valence electrons. The minimum absolute atomic E-state index is 0.127. The number of hydrogen-bond donors (Lipinski definition) is 0. The molecule has 5 rings (SSSR count). The van der Waals surface area contributed by atoms with Crippen molar-refractivity contribution in [1.29, 1.82) is 0 Å². The normalized spacial score (nSPS) is 23.7. The number of nitrogens with zero attached hydrogens (tertiary/aromatic N) is 2. The monoisotopic (exact) mass is 462 g/mol. The first-order valence-corrected chi connectivity index (χ1v) is 11.9. The van der Waals surface area contributed by atoms with Gasteiger partial charge in [0.15, 0.2) is 0 Å². The number of ether oxygens (including phenoxy) is 1. The second kappa shape index (κ2) is 8.58. The molecule has 0 N–H and O–H groups in total. The van der Waals surface area contributed by atoms with Gasteiger partial charge < -0.3 is 4.74 Å². The summed E-state index contributed by atoms with van der Waals surface area (Å²) in [5.74, 6) is -0.245. The minimum atomic E-state index is -0.287. The largest absolute Gasteiger partial charge is 0.370 e. The number of halogens is 2. The first kappa shape index (κ1) is 22.1.